The number of hydrogen-bond acceptors (Lipinski definition) is 4. The third-order valence-electron chi connectivity index (χ3n) is 5.31. The summed E-state index contributed by atoms with van der Waals surface area (Å²) in [5, 5.41) is 2.92. The molecule has 0 saturated heterocycles. The molecule has 2 aromatic rings. The van der Waals surface area contributed by atoms with E-state index in [1.807, 2.05) is 65.2 Å². The fourth-order valence-corrected chi connectivity index (χ4v) is 3.86. The molecule has 6 heteroatoms. The van der Waals surface area contributed by atoms with Crippen LogP contribution < -0.4 is 5.32 Å². The van der Waals surface area contributed by atoms with Crippen molar-refractivity contribution in [1.82, 2.24) is 9.80 Å². The van der Waals surface area contributed by atoms with Gasteiger partial charge in [0, 0.05) is 36.6 Å². The van der Waals surface area contributed by atoms with Gasteiger partial charge in [0.25, 0.3) is 5.91 Å². The molecule has 30 heavy (non-hydrogen) atoms. The third-order valence-corrected chi connectivity index (χ3v) is 5.31. The fourth-order valence-electron chi connectivity index (χ4n) is 3.86. The number of anilines is 1. The largest absolute Gasteiger partial charge is 0.339 e. The monoisotopic (exact) mass is 406 g/mol. The van der Waals surface area contributed by atoms with Gasteiger partial charge in [0.1, 0.15) is 5.92 Å². The lowest BCUT2D eigenvalue weighted by Crippen LogP contribution is -2.30. The number of fused-ring (bicyclic) bond motifs is 1. The van der Waals surface area contributed by atoms with Crippen molar-refractivity contribution in [2.24, 2.45) is 4.99 Å². The predicted molar refractivity (Wildman–Crippen MR) is 122 cm³/mol. The number of hydrogen-bond donors (Lipinski definition) is 1. The molecule has 0 fully saturated rings. The van der Waals surface area contributed by atoms with Crippen LogP contribution in [0.25, 0.3) is 0 Å². The van der Waals surface area contributed by atoms with Gasteiger partial charge < -0.3 is 15.1 Å². The molecule has 0 spiro atoms. The minimum atomic E-state index is -0.498. The van der Waals surface area contributed by atoms with Gasteiger partial charge in [-0.2, -0.15) is 0 Å². The second-order valence-corrected chi connectivity index (χ2v) is 7.86. The third kappa shape index (κ3) is 4.60. The van der Waals surface area contributed by atoms with Crippen LogP contribution in [0.2, 0.25) is 0 Å². The summed E-state index contributed by atoms with van der Waals surface area (Å²) in [7, 11) is 4.05. The maximum Gasteiger partial charge on any atom is 0.253 e. The van der Waals surface area contributed by atoms with E-state index in [0.29, 0.717) is 24.4 Å². The Morgan fingerprint density at radius 2 is 1.83 bits per heavy atom. The highest BCUT2D eigenvalue weighted by molar-refractivity contribution is 6.18. The van der Waals surface area contributed by atoms with Crippen molar-refractivity contribution < 1.29 is 9.59 Å². The number of nitrogens with one attached hydrogen (secondary N) is 1. The van der Waals surface area contributed by atoms with E-state index in [2.05, 4.69) is 16.3 Å². The van der Waals surface area contributed by atoms with Crippen LogP contribution in [0, 0.1) is 0 Å². The van der Waals surface area contributed by atoms with E-state index in [1.54, 1.807) is 11.0 Å². The first-order valence-electron chi connectivity index (χ1n) is 10.4. The van der Waals surface area contributed by atoms with Crippen molar-refractivity contribution in [3.05, 3.63) is 59.2 Å². The van der Waals surface area contributed by atoms with Gasteiger partial charge in [-0.1, -0.05) is 12.1 Å². The van der Waals surface area contributed by atoms with Gasteiger partial charge in [0.15, 0.2) is 0 Å². The number of carbonyl (C=O) groups is 2. The van der Waals surface area contributed by atoms with Crippen molar-refractivity contribution in [3.8, 4) is 0 Å². The van der Waals surface area contributed by atoms with Crippen molar-refractivity contribution in [2.75, 3.05) is 32.5 Å². The van der Waals surface area contributed by atoms with E-state index in [0.717, 1.165) is 29.0 Å². The molecule has 3 rings (SSSR count). The Balaban J connectivity index is 1.93. The number of benzene rings is 2. The SMILES string of the molecule is CCN(CC)C(=O)c1ccc2c(c1)C(C(C)=Nc1cccc(CN(C)C)c1)C(=O)N2. The van der Waals surface area contributed by atoms with E-state index < -0.39 is 5.92 Å². The molecule has 0 aliphatic carbocycles. The molecule has 2 aromatic carbocycles. The molecule has 0 bridgehead atoms. The first-order valence-corrected chi connectivity index (χ1v) is 10.4. The van der Waals surface area contributed by atoms with Crippen LogP contribution in [0.5, 0.6) is 0 Å². The Labute approximate surface area is 178 Å². The minimum Gasteiger partial charge on any atom is -0.339 e. The lowest BCUT2D eigenvalue weighted by molar-refractivity contribution is -0.115. The fraction of sp³-hybridized carbons (Fsp3) is 0.375. The molecule has 0 radical (unpaired) electrons. The lowest BCUT2D eigenvalue weighted by atomic mass is 9.94. The van der Waals surface area contributed by atoms with Gasteiger partial charge in [0.2, 0.25) is 5.91 Å². The van der Waals surface area contributed by atoms with E-state index in [9.17, 15) is 9.59 Å². The summed E-state index contributed by atoms with van der Waals surface area (Å²) in [5.74, 6) is -0.628. The summed E-state index contributed by atoms with van der Waals surface area (Å²) in [6.07, 6.45) is 0. The van der Waals surface area contributed by atoms with E-state index in [4.69, 9.17) is 4.99 Å². The molecule has 1 aliphatic heterocycles. The van der Waals surface area contributed by atoms with Gasteiger partial charge in [-0.15, -0.1) is 0 Å². The normalized spacial score (nSPS) is 15.9. The molecule has 0 saturated carbocycles. The van der Waals surface area contributed by atoms with Gasteiger partial charge in [-0.25, -0.2) is 0 Å². The lowest BCUT2D eigenvalue weighted by Gasteiger charge is -2.19. The summed E-state index contributed by atoms with van der Waals surface area (Å²) in [5.41, 5.74) is 4.85. The first kappa shape index (κ1) is 21.7. The van der Waals surface area contributed by atoms with Gasteiger partial charge in [-0.3, -0.25) is 14.6 Å². The molecule has 1 heterocycles. The molecule has 1 aliphatic rings. The Hall–Kier alpha value is -2.99. The zero-order chi connectivity index (χ0) is 21.8. The second kappa shape index (κ2) is 9.22. The van der Waals surface area contributed by atoms with E-state index in [1.165, 1.54) is 0 Å². The molecule has 1 N–H and O–H groups in total. The maximum atomic E-state index is 12.8. The van der Waals surface area contributed by atoms with Crippen LogP contribution in [0.3, 0.4) is 0 Å². The Morgan fingerprint density at radius 3 is 2.50 bits per heavy atom. The van der Waals surface area contributed by atoms with Crippen LogP contribution in [0.1, 0.15) is 48.2 Å². The quantitative estimate of drug-likeness (QED) is 0.705. The minimum absolute atomic E-state index is 0.0214. The Morgan fingerprint density at radius 1 is 1.10 bits per heavy atom. The highest BCUT2D eigenvalue weighted by Gasteiger charge is 2.33. The molecular weight excluding hydrogens is 376 g/mol. The van der Waals surface area contributed by atoms with Gasteiger partial charge >= 0.3 is 0 Å². The van der Waals surface area contributed by atoms with E-state index >= 15 is 0 Å². The molecular formula is C24H30N4O2. The molecule has 1 unspecified atom stereocenters. The first-order chi connectivity index (χ1) is 14.3. The average molecular weight is 407 g/mol. The molecule has 0 aromatic heterocycles. The number of rotatable bonds is 7. The van der Waals surface area contributed by atoms with Crippen molar-refractivity contribution >= 4 is 28.9 Å². The molecule has 6 nitrogen and oxygen atoms in total. The molecule has 158 valence electrons. The van der Waals surface area contributed by atoms with Crippen LogP contribution in [-0.4, -0.2) is 54.5 Å². The predicted octanol–water partition coefficient (Wildman–Crippen LogP) is 4.06. The molecule has 1 atom stereocenters. The number of aliphatic imine (C=N–C) groups is 1. The van der Waals surface area contributed by atoms with Gasteiger partial charge in [-0.05, 0) is 76.3 Å². The van der Waals surface area contributed by atoms with Crippen LogP contribution in [0.4, 0.5) is 11.4 Å². The van der Waals surface area contributed by atoms with Crippen LogP contribution >= 0.6 is 0 Å². The van der Waals surface area contributed by atoms with Crippen LogP contribution in [-0.2, 0) is 11.3 Å². The zero-order valence-corrected chi connectivity index (χ0v) is 18.4. The zero-order valence-electron chi connectivity index (χ0n) is 18.4. The standard InChI is InChI=1S/C24H30N4O2/c1-6-28(7-2)24(30)18-11-12-21-20(14-18)22(23(29)26-21)16(3)25-19-10-8-9-17(13-19)15-27(4)5/h8-14,22H,6-7,15H2,1-5H3,(H,26,29). The smallest absolute Gasteiger partial charge is 0.253 e. The average Bonchev–Trinajstić information content (AvgIpc) is 3.03. The second-order valence-electron chi connectivity index (χ2n) is 7.86. The summed E-state index contributed by atoms with van der Waals surface area (Å²) in [6, 6.07) is 13.5. The maximum absolute atomic E-state index is 12.8. The Kier molecular flexibility index (Phi) is 6.67. The highest BCUT2D eigenvalue weighted by Crippen LogP contribution is 2.35. The molecule has 2 amide bonds. The Bertz CT molecular complexity index is 977. The summed E-state index contributed by atoms with van der Waals surface area (Å²) in [4.78, 5) is 34.1. The number of amides is 2. The number of nitrogens with zero attached hydrogens (tertiary/aromatic N) is 3. The van der Waals surface area contributed by atoms with Crippen LogP contribution in [0.15, 0.2) is 47.5 Å². The highest BCUT2D eigenvalue weighted by atomic mass is 16.2. The van der Waals surface area contributed by atoms with Crippen molar-refractivity contribution in [2.45, 2.75) is 33.2 Å². The number of carbonyl (C=O) groups excluding carboxylic acids is 2. The summed E-state index contributed by atoms with van der Waals surface area (Å²) < 4.78 is 0. The van der Waals surface area contributed by atoms with Crippen molar-refractivity contribution in [3.63, 3.8) is 0 Å². The van der Waals surface area contributed by atoms with Gasteiger partial charge in [0.05, 0.1) is 5.69 Å². The summed E-state index contributed by atoms with van der Waals surface area (Å²) in [6.45, 7) is 7.92. The summed E-state index contributed by atoms with van der Waals surface area (Å²) >= 11 is 0. The van der Waals surface area contributed by atoms with Crippen molar-refractivity contribution in [1.29, 1.82) is 0 Å². The van der Waals surface area contributed by atoms with E-state index in [-0.39, 0.29) is 11.8 Å². The topological polar surface area (TPSA) is 65.0 Å².